The molecule has 0 radical (unpaired) electrons. The van der Waals surface area contributed by atoms with E-state index >= 15 is 0 Å². The summed E-state index contributed by atoms with van der Waals surface area (Å²) < 4.78 is 0. The summed E-state index contributed by atoms with van der Waals surface area (Å²) in [5.41, 5.74) is 2.96. The maximum atomic E-state index is 9.49. The van der Waals surface area contributed by atoms with Crippen LogP contribution in [0.4, 0.5) is 0 Å². The van der Waals surface area contributed by atoms with E-state index in [2.05, 4.69) is 54.3 Å². The number of phenolic OH excluding ortho intramolecular Hbond substituents is 1. The molecule has 1 unspecified atom stereocenters. The van der Waals surface area contributed by atoms with Gasteiger partial charge in [0.15, 0.2) is 0 Å². The van der Waals surface area contributed by atoms with Crippen molar-refractivity contribution in [3.8, 4) is 5.75 Å². The summed E-state index contributed by atoms with van der Waals surface area (Å²) in [7, 11) is 0. The van der Waals surface area contributed by atoms with Gasteiger partial charge in [-0.3, -0.25) is 0 Å². The van der Waals surface area contributed by atoms with Crippen LogP contribution in [0.2, 0.25) is 0 Å². The standard InChI is InChI=1S/C20H25NO.C2H2O4/c1-20(18-8-10-19(22)11-9-18)13-5-14-21(16-20)15-12-17-6-3-2-4-7-17;3-1(4)2(5)6/h2-4,6-11,22H,5,12-16H2,1H3;(H,3,4)(H,5,6). The van der Waals surface area contributed by atoms with E-state index in [9.17, 15) is 5.11 Å². The molecule has 6 heteroatoms. The molecule has 3 N–H and O–H groups in total. The number of aliphatic carboxylic acids is 2. The Morgan fingerprint density at radius 2 is 1.61 bits per heavy atom. The first kappa shape index (κ1) is 21.4. The van der Waals surface area contributed by atoms with Crippen molar-refractivity contribution in [2.75, 3.05) is 19.6 Å². The molecule has 1 atom stereocenters. The fourth-order valence-electron chi connectivity index (χ4n) is 3.57. The molecular weight excluding hydrogens is 358 g/mol. The first-order valence-corrected chi connectivity index (χ1v) is 9.32. The fraction of sp³-hybridized carbons (Fsp3) is 0.364. The molecule has 0 aromatic heterocycles. The summed E-state index contributed by atoms with van der Waals surface area (Å²) in [4.78, 5) is 20.8. The predicted molar refractivity (Wildman–Crippen MR) is 107 cm³/mol. The van der Waals surface area contributed by atoms with Gasteiger partial charge in [0.2, 0.25) is 0 Å². The molecule has 1 aliphatic rings. The van der Waals surface area contributed by atoms with E-state index in [4.69, 9.17) is 19.8 Å². The molecule has 1 heterocycles. The number of likely N-dealkylation sites (tertiary alicyclic amines) is 1. The van der Waals surface area contributed by atoms with Gasteiger partial charge in [0.05, 0.1) is 0 Å². The fourth-order valence-corrected chi connectivity index (χ4v) is 3.57. The lowest BCUT2D eigenvalue weighted by molar-refractivity contribution is -0.159. The molecule has 0 saturated carbocycles. The molecule has 1 aliphatic heterocycles. The Morgan fingerprint density at radius 1 is 1.00 bits per heavy atom. The van der Waals surface area contributed by atoms with Crippen LogP contribution in [0, 0.1) is 0 Å². The second kappa shape index (κ2) is 9.90. The van der Waals surface area contributed by atoms with Crippen LogP contribution in [-0.4, -0.2) is 51.8 Å². The van der Waals surface area contributed by atoms with Crippen molar-refractivity contribution < 1.29 is 24.9 Å². The second-order valence-electron chi connectivity index (χ2n) is 7.33. The second-order valence-corrected chi connectivity index (χ2v) is 7.33. The van der Waals surface area contributed by atoms with Crippen LogP contribution in [0.25, 0.3) is 0 Å². The Hall–Kier alpha value is -2.86. The molecule has 0 amide bonds. The minimum absolute atomic E-state index is 0.197. The van der Waals surface area contributed by atoms with Gasteiger partial charge < -0.3 is 20.2 Å². The summed E-state index contributed by atoms with van der Waals surface area (Å²) in [6.45, 7) is 5.77. The first-order chi connectivity index (χ1) is 13.3. The quantitative estimate of drug-likeness (QED) is 0.700. The smallest absolute Gasteiger partial charge is 0.414 e. The molecule has 2 aromatic rings. The zero-order chi connectivity index (χ0) is 20.6. The van der Waals surface area contributed by atoms with Gasteiger partial charge in [-0.05, 0) is 49.1 Å². The Balaban J connectivity index is 0.000000409. The normalized spacial score (nSPS) is 19.3. The van der Waals surface area contributed by atoms with E-state index in [0.717, 1.165) is 19.5 Å². The van der Waals surface area contributed by atoms with Gasteiger partial charge >= 0.3 is 11.9 Å². The zero-order valence-corrected chi connectivity index (χ0v) is 16.0. The van der Waals surface area contributed by atoms with E-state index in [1.807, 2.05) is 12.1 Å². The number of nitrogens with zero attached hydrogens (tertiary/aromatic N) is 1. The number of phenols is 1. The van der Waals surface area contributed by atoms with E-state index in [0.29, 0.717) is 5.75 Å². The number of hydrogen-bond donors (Lipinski definition) is 3. The lowest BCUT2D eigenvalue weighted by Gasteiger charge is -2.41. The predicted octanol–water partition coefficient (Wildman–Crippen LogP) is 3.14. The van der Waals surface area contributed by atoms with Crippen LogP contribution < -0.4 is 0 Å². The van der Waals surface area contributed by atoms with E-state index < -0.39 is 11.9 Å². The third-order valence-electron chi connectivity index (χ3n) is 5.08. The van der Waals surface area contributed by atoms with Gasteiger partial charge in [-0.15, -0.1) is 0 Å². The molecule has 1 fully saturated rings. The highest BCUT2D eigenvalue weighted by Gasteiger charge is 2.32. The Bertz CT molecular complexity index is 763. The summed E-state index contributed by atoms with van der Waals surface area (Å²) in [6, 6.07) is 18.5. The van der Waals surface area contributed by atoms with Crippen molar-refractivity contribution in [1.82, 2.24) is 4.90 Å². The maximum Gasteiger partial charge on any atom is 0.414 e. The number of carbonyl (C=O) groups is 2. The molecule has 0 spiro atoms. The van der Waals surface area contributed by atoms with Gasteiger partial charge in [-0.2, -0.15) is 0 Å². The minimum atomic E-state index is -1.82. The molecular formula is C22H27NO5. The lowest BCUT2D eigenvalue weighted by atomic mass is 9.76. The van der Waals surface area contributed by atoms with Gasteiger partial charge in [-0.25, -0.2) is 9.59 Å². The van der Waals surface area contributed by atoms with Crippen LogP contribution in [-0.2, 0) is 21.4 Å². The Morgan fingerprint density at radius 3 is 2.18 bits per heavy atom. The number of hydrogen-bond acceptors (Lipinski definition) is 4. The van der Waals surface area contributed by atoms with Gasteiger partial charge in [-0.1, -0.05) is 49.4 Å². The number of rotatable bonds is 4. The first-order valence-electron chi connectivity index (χ1n) is 9.32. The minimum Gasteiger partial charge on any atom is -0.508 e. The monoisotopic (exact) mass is 385 g/mol. The largest absolute Gasteiger partial charge is 0.508 e. The van der Waals surface area contributed by atoms with Crippen molar-refractivity contribution in [3.05, 3.63) is 65.7 Å². The van der Waals surface area contributed by atoms with E-state index in [1.54, 1.807) is 0 Å². The average molecular weight is 385 g/mol. The van der Waals surface area contributed by atoms with E-state index in [1.165, 1.54) is 30.5 Å². The van der Waals surface area contributed by atoms with Gasteiger partial charge in [0.1, 0.15) is 5.75 Å². The van der Waals surface area contributed by atoms with Crippen molar-refractivity contribution in [2.45, 2.75) is 31.6 Å². The van der Waals surface area contributed by atoms with Crippen LogP contribution in [0.3, 0.4) is 0 Å². The number of carboxylic acid groups (broad SMARTS) is 2. The van der Waals surface area contributed by atoms with Crippen LogP contribution in [0.5, 0.6) is 5.75 Å². The SMILES string of the molecule is CC1(c2ccc(O)cc2)CCCN(CCc2ccccc2)C1.O=C(O)C(=O)O. The summed E-state index contributed by atoms with van der Waals surface area (Å²) in [6.07, 6.45) is 3.58. The molecule has 1 saturated heterocycles. The molecule has 3 rings (SSSR count). The average Bonchev–Trinajstić information content (AvgIpc) is 2.68. The van der Waals surface area contributed by atoms with Crippen LogP contribution in [0.1, 0.15) is 30.9 Å². The van der Waals surface area contributed by atoms with Gasteiger partial charge in [0.25, 0.3) is 0 Å². The summed E-state index contributed by atoms with van der Waals surface area (Å²) in [5, 5.41) is 24.3. The van der Waals surface area contributed by atoms with E-state index in [-0.39, 0.29) is 5.41 Å². The molecule has 28 heavy (non-hydrogen) atoms. The highest BCUT2D eigenvalue weighted by Crippen LogP contribution is 2.34. The summed E-state index contributed by atoms with van der Waals surface area (Å²) in [5.74, 6) is -3.30. The van der Waals surface area contributed by atoms with Crippen molar-refractivity contribution >= 4 is 11.9 Å². The number of carboxylic acids is 2. The number of benzene rings is 2. The highest BCUT2D eigenvalue weighted by atomic mass is 16.4. The highest BCUT2D eigenvalue weighted by molar-refractivity contribution is 6.27. The maximum absolute atomic E-state index is 9.49. The third kappa shape index (κ3) is 6.39. The van der Waals surface area contributed by atoms with Crippen molar-refractivity contribution in [3.63, 3.8) is 0 Å². The van der Waals surface area contributed by atoms with Crippen LogP contribution in [0.15, 0.2) is 54.6 Å². The summed E-state index contributed by atoms with van der Waals surface area (Å²) >= 11 is 0. The molecule has 0 bridgehead atoms. The lowest BCUT2D eigenvalue weighted by Crippen LogP contribution is -2.45. The van der Waals surface area contributed by atoms with Gasteiger partial charge in [0, 0.05) is 18.5 Å². The number of piperidine rings is 1. The molecule has 0 aliphatic carbocycles. The Kier molecular flexibility index (Phi) is 7.58. The third-order valence-corrected chi connectivity index (χ3v) is 5.08. The number of aromatic hydroxyl groups is 1. The van der Waals surface area contributed by atoms with Crippen LogP contribution >= 0.6 is 0 Å². The Labute approximate surface area is 165 Å². The van der Waals surface area contributed by atoms with Crippen molar-refractivity contribution in [1.29, 1.82) is 0 Å². The molecule has 6 nitrogen and oxygen atoms in total. The molecule has 150 valence electrons. The van der Waals surface area contributed by atoms with Crippen molar-refractivity contribution in [2.24, 2.45) is 0 Å². The zero-order valence-electron chi connectivity index (χ0n) is 16.0. The topological polar surface area (TPSA) is 98.1 Å². The molecule has 2 aromatic carbocycles.